The van der Waals surface area contributed by atoms with Crippen LogP contribution in [0, 0.1) is 0 Å². The largest absolute Gasteiger partial charge is 0.497 e. The van der Waals surface area contributed by atoms with Gasteiger partial charge in [-0.15, -0.1) is 0 Å². The molecule has 0 aliphatic carbocycles. The summed E-state index contributed by atoms with van der Waals surface area (Å²) < 4.78 is 20.8. The van der Waals surface area contributed by atoms with Crippen LogP contribution in [0.5, 0.6) is 23.0 Å². The Labute approximate surface area is 185 Å². The van der Waals surface area contributed by atoms with Gasteiger partial charge in [-0.1, -0.05) is 0 Å². The Morgan fingerprint density at radius 1 is 0.750 bits per heavy atom. The number of methoxy groups -OCH3 is 3. The van der Waals surface area contributed by atoms with Crippen LogP contribution >= 0.6 is 0 Å². The first kappa shape index (κ1) is 22.4. The quantitative estimate of drug-likeness (QED) is 0.251. The number of benzene rings is 3. The second kappa shape index (κ2) is 10.6. The van der Waals surface area contributed by atoms with Gasteiger partial charge in [-0.3, -0.25) is 4.79 Å². The molecule has 1 amide bonds. The number of nitrogens with zero attached hydrogens (tertiary/aromatic N) is 1. The van der Waals surface area contributed by atoms with Crippen molar-refractivity contribution in [3.05, 3.63) is 83.4 Å². The van der Waals surface area contributed by atoms with E-state index in [1.165, 1.54) is 20.4 Å². The van der Waals surface area contributed by atoms with Crippen LogP contribution in [0.15, 0.2) is 71.8 Å². The van der Waals surface area contributed by atoms with Gasteiger partial charge in [0.1, 0.15) is 11.5 Å². The topological polar surface area (TPSA) is 95.5 Å². The number of nitrogens with one attached hydrogen (secondary N) is 1. The van der Waals surface area contributed by atoms with E-state index >= 15 is 0 Å². The van der Waals surface area contributed by atoms with E-state index in [0.29, 0.717) is 39.7 Å². The third-order valence-electron chi connectivity index (χ3n) is 4.44. The monoisotopic (exact) mass is 434 g/mol. The highest BCUT2D eigenvalue weighted by Crippen LogP contribution is 2.28. The van der Waals surface area contributed by atoms with Gasteiger partial charge in [-0.25, -0.2) is 10.2 Å². The van der Waals surface area contributed by atoms with E-state index in [1.54, 1.807) is 73.8 Å². The predicted molar refractivity (Wildman–Crippen MR) is 119 cm³/mol. The maximum Gasteiger partial charge on any atom is 0.343 e. The number of carbonyl (C=O) groups is 2. The van der Waals surface area contributed by atoms with Crippen molar-refractivity contribution < 1.29 is 28.5 Å². The van der Waals surface area contributed by atoms with Crippen molar-refractivity contribution in [3.63, 3.8) is 0 Å². The number of hydrazone groups is 1. The maximum absolute atomic E-state index is 12.4. The fraction of sp³-hybridized carbons (Fsp3) is 0.125. The van der Waals surface area contributed by atoms with Crippen LogP contribution in [-0.2, 0) is 0 Å². The van der Waals surface area contributed by atoms with E-state index in [-0.39, 0.29) is 5.91 Å². The van der Waals surface area contributed by atoms with Gasteiger partial charge < -0.3 is 18.9 Å². The third kappa shape index (κ3) is 5.63. The number of hydrogen-bond acceptors (Lipinski definition) is 7. The number of ether oxygens (including phenoxy) is 4. The lowest BCUT2D eigenvalue weighted by molar-refractivity contribution is 0.0734. The number of rotatable bonds is 8. The summed E-state index contributed by atoms with van der Waals surface area (Å²) in [4.78, 5) is 24.5. The van der Waals surface area contributed by atoms with E-state index < -0.39 is 5.97 Å². The van der Waals surface area contributed by atoms with Gasteiger partial charge in [-0.05, 0) is 72.3 Å². The molecule has 0 heterocycles. The summed E-state index contributed by atoms with van der Waals surface area (Å²) in [6.07, 6.45) is 1.49. The van der Waals surface area contributed by atoms with Gasteiger partial charge in [0.15, 0.2) is 11.5 Å². The van der Waals surface area contributed by atoms with Crippen LogP contribution in [0.4, 0.5) is 0 Å². The minimum absolute atomic E-state index is 0.328. The van der Waals surface area contributed by atoms with Crippen LogP contribution in [0.1, 0.15) is 26.3 Å². The molecule has 3 rings (SSSR count). The second-order valence-electron chi connectivity index (χ2n) is 6.46. The summed E-state index contributed by atoms with van der Waals surface area (Å²) in [5.41, 5.74) is 3.96. The van der Waals surface area contributed by atoms with Gasteiger partial charge in [-0.2, -0.15) is 5.10 Å². The molecule has 0 fully saturated rings. The molecular formula is C24H22N2O6. The summed E-state index contributed by atoms with van der Waals surface area (Å²) >= 11 is 0. The number of carbonyl (C=O) groups excluding carboxylic acids is 2. The van der Waals surface area contributed by atoms with Gasteiger partial charge >= 0.3 is 5.97 Å². The van der Waals surface area contributed by atoms with E-state index in [1.807, 2.05) is 0 Å². The molecule has 0 bridgehead atoms. The number of amides is 1. The van der Waals surface area contributed by atoms with Gasteiger partial charge in [0.25, 0.3) is 5.91 Å². The molecule has 8 nitrogen and oxygen atoms in total. The first-order chi connectivity index (χ1) is 15.5. The normalized spacial score (nSPS) is 10.5. The van der Waals surface area contributed by atoms with Crippen LogP contribution in [-0.4, -0.2) is 39.4 Å². The molecule has 0 saturated carbocycles. The Hall–Kier alpha value is -4.33. The lowest BCUT2D eigenvalue weighted by atomic mass is 10.2. The first-order valence-electron chi connectivity index (χ1n) is 9.55. The van der Waals surface area contributed by atoms with Crippen LogP contribution in [0.3, 0.4) is 0 Å². The van der Waals surface area contributed by atoms with Crippen molar-refractivity contribution in [1.29, 1.82) is 0 Å². The predicted octanol–water partition coefficient (Wildman–Crippen LogP) is 3.70. The fourth-order valence-corrected chi connectivity index (χ4v) is 2.72. The zero-order valence-electron chi connectivity index (χ0n) is 17.8. The summed E-state index contributed by atoms with van der Waals surface area (Å²) in [6, 6.07) is 18.1. The molecule has 0 aromatic heterocycles. The van der Waals surface area contributed by atoms with Gasteiger partial charge in [0.05, 0.1) is 33.1 Å². The minimum atomic E-state index is -0.529. The number of esters is 1. The van der Waals surface area contributed by atoms with E-state index in [4.69, 9.17) is 18.9 Å². The second-order valence-corrected chi connectivity index (χ2v) is 6.46. The highest BCUT2D eigenvalue weighted by atomic mass is 16.5. The summed E-state index contributed by atoms with van der Waals surface area (Å²) in [6.45, 7) is 0. The molecule has 0 spiro atoms. The average Bonchev–Trinajstić information content (AvgIpc) is 2.84. The third-order valence-corrected chi connectivity index (χ3v) is 4.44. The Bertz CT molecular complexity index is 1110. The smallest absolute Gasteiger partial charge is 0.343 e. The Morgan fingerprint density at radius 2 is 1.38 bits per heavy atom. The lowest BCUT2D eigenvalue weighted by Gasteiger charge is -2.09. The summed E-state index contributed by atoms with van der Waals surface area (Å²) in [5, 5.41) is 3.94. The van der Waals surface area contributed by atoms with Crippen molar-refractivity contribution in [1.82, 2.24) is 5.43 Å². The molecule has 0 saturated heterocycles. The zero-order chi connectivity index (χ0) is 22.9. The Morgan fingerprint density at radius 3 is 2.00 bits per heavy atom. The molecule has 0 aliphatic heterocycles. The minimum Gasteiger partial charge on any atom is -0.497 e. The molecule has 3 aromatic carbocycles. The molecule has 32 heavy (non-hydrogen) atoms. The van der Waals surface area contributed by atoms with Crippen molar-refractivity contribution in [2.75, 3.05) is 21.3 Å². The van der Waals surface area contributed by atoms with Crippen molar-refractivity contribution in [3.8, 4) is 23.0 Å². The molecule has 0 aliphatic rings. The highest BCUT2D eigenvalue weighted by Gasteiger charge is 2.13. The molecule has 8 heteroatoms. The van der Waals surface area contributed by atoms with E-state index in [2.05, 4.69) is 10.5 Å². The fourth-order valence-electron chi connectivity index (χ4n) is 2.72. The summed E-state index contributed by atoms with van der Waals surface area (Å²) in [5.74, 6) is 1.11. The maximum atomic E-state index is 12.4. The molecule has 0 atom stereocenters. The highest BCUT2D eigenvalue weighted by molar-refractivity contribution is 5.95. The molecule has 3 aromatic rings. The van der Waals surface area contributed by atoms with Crippen LogP contribution < -0.4 is 24.4 Å². The van der Waals surface area contributed by atoms with Gasteiger partial charge in [0.2, 0.25) is 0 Å². The molecule has 0 radical (unpaired) electrons. The zero-order valence-corrected chi connectivity index (χ0v) is 17.8. The number of hydrogen-bond donors (Lipinski definition) is 1. The van der Waals surface area contributed by atoms with Crippen LogP contribution in [0.2, 0.25) is 0 Å². The molecule has 1 N–H and O–H groups in total. The molecule has 164 valence electrons. The average molecular weight is 434 g/mol. The van der Waals surface area contributed by atoms with Crippen molar-refractivity contribution in [2.45, 2.75) is 0 Å². The Kier molecular flexibility index (Phi) is 7.42. The summed E-state index contributed by atoms with van der Waals surface area (Å²) in [7, 11) is 4.57. The molecular weight excluding hydrogens is 412 g/mol. The molecule has 0 unspecified atom stereocenters. The van der Waals surface area contributed by atoms with Crippen LogP contribution in [0.25, 0.3) is 0 Å². The van der Waals surface area contributed by atoms with E-state index in [0.717, 1.165) is 0 Å². The first-order valence-corrected chi connectivity index (χ1v) is 9.55. The standard InChI is InChI=1S/C24H22N2O6/c1-29-19-11-6-17(7-12-19)23(27)26-25-15-16-4-9-20(10-5-16)32-24(28)18-8-13-21(30-2)22(14-18)31-3/h4-15H,1-3H3,(H,26,27). The SMILES string of the molecule is COc1ccc(C(=O)NN=Cc2ccc(OC(=O)c3ccc(OC)c(OC)c3)cc2)cc1. The lowest BCUT2D eigenvalue weighted by Crippen LogP contribution is -2.17. The van der Waals surface area contributed by atoms with E-state index in [9.17, 15) is 9.59 Å². The van der Waals surface area contributed by atoms with Crippen molar-refractivity contribution in [2.24, 2.45) is 5.10 Å². The Balaban J connectivity index is 1.57. The van der Waals surface area contributed by atoms with Crippen molar-refractivity contribution >= 4 is 18.1 Å². The van der Waals surface area contributed by atoms with Gasteiger partial charge in [0, 0.05) is 5.56 Å².